The highest BCUT2D eigenvalue weighted by atomic mass is 16.5. The molecule has 2 aromatic heterocycles. The highest BCUT2D eigenvalue weighted by molar-refractivity contribution is 5.61. The van der Waals surface area contributed by atoms with E-state index in [1.807, 2.05) is 19.2 Å². The molecule has 5 nitrogen and oxygen atoms in total. The second kappa shape index (κ2) is 6.02. The third-order valence-electron chi connectivity index (χ3n) is 6.88. The molecule has 0 spiro atoms. The molecule has 2 aliphatic rings. The van der Waals surface area contributed by atoms with Gasteiger partial charge in [0.05, 0.1) is 5.60 Å². The van der Waals surface area contributed by atoms with E-state index in [0.717, 1.165) is 42.9 Å². The standard InChI is InChI=1S/C21H28N4O/c1-20(2)17(13-21(20,3)26-5)25(4)19-15-7-6-8-16(15)23-18(24-19)14-9-11-22-12-10-14/h9-12,17H,6-8,13H2,1-5H3/t17-,21+/m0/s1. The fourth-order valence-corrected chi connectivity index (χ4v) is 4.56. The number of aromatic nitrogens is 3. The molecule has 0 amide bonds. The number of hydrogen-bond donors (Lipinski definition) is 0. The van der Waals surface area contributed by atoms with Crippen molar-refractivity contribution in [3.8, 4) is 11.4 Å². The molecule has 1 saturated carbocycles. The van der Waals surface area contributed by atoms with Crippen molar-refractivity contribution in [1.82, 2.24) is 15.0 Å². The van der Waals surface area contributed by atoms with E-state index in [-0.39, 0.29) is 11.0 Å². The Bertz CT molecular complexity index is 820. The molecule has 0 aromatic carbocycles. The topological polar surface area (TPSA) is 51.1 Å². The van der Waals surface area contributed by atoms with Gasteiger partial charge >= 0.3 is 0 Å². The molecule has 0 N–H and O–H groups in total. The third-order valence-corrected chi connectivity index (χ3v) is 6.88. The molecule has 0 bridgehead atoms. The van der Waals surface area contributed by atoms with Crippen LogP contribution in [0.5, 0.6) is 0 Å². The number of nitrogens with zero attached hydrogens (tertiary/aromatic N) is 4. The first-order chi connectivity index (χ1) is 12.4. The van der Waals surface area contributed by atoms with Crippen LogP contribution in [-0.4, -0.2) is 40.8 Å². The SMILES string of the molecule is CO[C@]1(C)C[C@H](N(C)c2nc(-c3ccncc3)nc3c2CCC3)C1(C)C. The molecular formula is C21H28N4O. The first-order valence-corrected chi connectivity index (χ1v) is 9.45. The van der Waals surface area contributed by atoms with Crippen molar-refractivity contribution in [2.75, 3.05) is 19.1 Å². The lowest BCUT2D eigenvalue weighted by Gasteiger charge is -2.61. The van der Waals surface area contributed by atoms with Crippen LogP contribution in [0.25, 0.3) is 11.4 Å². The van der Waals surface area contributed by atoms with E-state index in [2.05, 4.69) is 37.7 Å². The summed E-state index contributed by atoms with van der Waals surface area (Å²) in [6.07, 6.45) is 7.88. The van der Waals surface area contributed by atoms with Crippen molar-refractivity contribution < 1.29 is 4.74 Å². The Labute approximate surface area is 155 Å². The van der Waals surface area contributed by atoms with Crippen molar-refractivity contribution in [1.29, 1.82) is 0 Å². The van der Waals surface area contributed by atoms with Gasteiger partial charge in [0.2, 0.25) is 0 Å². The van der Waals surface area contributed by atoms with Crippen LogP contribution in [0.15, 0.2) is 24.5 Å². The van der Waals surface area contributed by atoms with Crippen LogP contribution in [-0.2, 0) is 17.6 Å². The molecule has 2 aromatic rings. The van der Waals surface area contributed by atoms with Crippen LogP contribution in [0.3, 0.4) is 0 Å². The molecular weight excluding hydrogens is 324 g/mol. The Hall–Kier alpha value is -2.01. The first-order valence-electron chi connectivity index (χ1n) is 9.45. The van der Waals surface area contributed by atoms with Crippen molar-refractivity contribution >= 4 is 5.82 Å². The molecule has 0 unspecified atom stereocenters. The molecule has 0 saturated heterocycles. The van der Waals surface area contributed by atoms with E-state index < -0.39 is 0 Å². The number of aryl methyl sites for hydroxylation is 1. The van der Waals surface area contributed by atoms with Gasteiger partial charge in [-0.25, -0.2) is 9.97 Å². The van der Waals surface area contributed by atoms with Crippen LogP contribution in [0, 0.1) is 5.41 Å². The molecule has 2 heterocycles. The summed E-state index contributed by atoms with van der Waals surface area (Å²) in [7, 11) is 4.00. The van der Waals surface area contributed by atoms with Crippen molar-refractivity contribution in [2.24, 2.45) is 5.41 Å². The third kappa shape index (κ3) is 2.44. The van der Waals surface area contributed by atoms with Crippen molar-refractivity contribution in [3.05, 3.63) is 35.8 Å². The molecule has 2 atom stereocenters. The van der Waals surface area contributed by atoms with Gasteiger partial charge in [0.25, 0.3) is 0 Å². The molecule has 138 valence electrons. The monoisotopic (exact) mass is 352 g/mol. The molecule has 0 radical (unpaired) electrons. The maximum Gasteiger partial charge on any atom is 0.161 e. The van der Waals surface area contributed by atoms with Crippen LogP contribution in [0.2, 0.25) is 0 Å². The lowest BCUT2D eigenvalue weighted by Crippen LogP contribution is -2.68. The summed E-state index contributed by atoms with van der Waals surface area (Å²) in [4.78, 5) is 16.4. The maximum atomic E-state index is 5.82. The smallest absolute Gasteiger partial charge is 0.161 e. The minimum absolute atomic E-state index is 0.0593. The highest BCUT2D eigenvalue weighted by Crippen LogP contribution is 2.54. The molecule has 2 aliphatic carbocycles. The minimum Gasteiger partial charge on any atom is -0.378 e. The van der Waals surface area contributed by atoms with E-state index >= 15 is 0 Å². The van der Waals surface area contributed by atoms with E-state index in [4.69, 9.17) is 14.7 Å². The fourth-order valence-electron chi connectivity index (χ4n) is 4.56. The quantitative estimate of drug-likeness (QED) is 0.840. The number of fused-ring (bicyclic) bond motifs is 1. The lowest BCUT2D eigenvalue weighted by atomic mass is 9.55. The van der Waals surface area contributed by atoms with Crippen LogP contribution >= 0.6 is 0 Å². The zero-order valence-electron chi connectivity index (χ0n) is 16.4. The molecule has 5 heteroatoms. The summed E-state index contributed by atoms with van der Waals surface area (Å²) >= 11 is 0. The van der Waals surface area contributed by atoms with E-state index in [1.165, 1.54) is 11.3 Å². The van der Waals surface area contributed by atoms with Gasteiger partial charge in [0.15, 0.2) is 5.82 Å². The minimum atomic E-state index is -0.0872. The second-order valence-corrected chi connectivity index (χ2v) is 8.37. The lowest BCUT2D eigenvalue weighted by molar-refractivity contribution is -0.172. The maximum absolute atomic E-state index is 5.82. The van der Waals surface area contributed by atoms with Crippen LogP contribution in [0.1, 0.15) is 44.9 Å². The van der Waals surface area contributed by atoms with Gasteiger partial charge in [0.1, 0.15) is 5.82 Å². The Balaban J connectivity index is 1.74. The largest absolute Gasteiger partial charge is 0.378 e. The second-order valence-electron chi connectivity index (χ2n) is 8.37. The van der Waals surface area contributed by atoms with Crippen molar-refractivity contribution in [2.45, 2.75) is 58.1 Å². The van der Waals surface area contributed by atoms with Gasteiger partial charge in [-0.15, -0.1) is 0 Å². The summed E-state index contributed by atoms with van der Waals surface area (Å²) in [5.41, 5.74) is 3.53. The summed E-state index contributed by atoms with van der Waals surface area (Å²) in [6.45, 7) is 6.81. The number of hydrogen-bond acceptors (Lipinski definition) is 5. The number of anilines is 1. The number of methoxy groups -OCH3 is 1. The van der Waals surface area contributed by atoms with Gasteiger partial charge in [-0.2, -0.15) is 0 Å². The van der Waals surface area contributed by atoms with E-state index in [9.17, 15) is 0 Å². The van der Waals surface area contributed by atoms with Gasteiger partial charge in [-0.3, -0.25) is 4.98 Å². The average Bonchev–Trinajstić information content (AvgIpc) is 3.13. The summed E-state index contributed by atoms with van der Waals surface area (Å²) < 4.78 is 5.82. The van der Waals surface area contributed by atoms with E-state index in [1.54, 1.807) is 12.4 Å². The molecule has 26 heavy (non-hydrogen) atoms. The Kier molecular flexibility index (Phi) is 4.03. The van der Waals surface area contributed by atoms with Crippen LogP contribution < -0.4 is 4.90 Å². The normalized spacial score (nSPS) is 26.3. The number of ether oxygens (including phenoxy) is 1. The molecule has 4 rings (SSSR count). The van der Waals surface area contributed by atoms with E-state index in [0.29, 0.717) is 6.04 Å². The van der Waals surface area contributed by atoms with Gasteiger partial charge in [-0.1, -0.05) is 13.8 Å². The molecule has 0 aliphatic heterocycles. The van der Waals surface area contributed by atoms with Gasteiger partial charge in [-0.05, 0) is 44.7 Å². The Morgan fingerprint density at radius 2 is 1.85 bits per heavy atom. The zero-order chi connectivity index (χ0) is 18.5. The summed E-state index contributed by atoms with van der Waals surface area (Å²) in [5.74, 6) is 1.90. The fraction of sp³-hybridized carbons (Fsp3) is 0.571. The zero-order valence-corrected chi connectivity index (χ0v) is 16.4. The Morgan fingerprint density at radius 3 is 2.50 bits per heavy atom. The van der Waals surface area contributed by atoms with Crippen LogP contribution in [0.4, 0.5) is 5.82 Å². The first kappa shape index (κ1) is 17.4. The average molecular weight is 352 g/mol. The number of rotatable bonds is 4. The predicted octanol–water partition coefficient (Wildman–Crippen LogP) is 3.67. The predicted molar refractivity (Wildman–Crippen MR) is 103 cm³/mol. The van der Waals surface area contributed by atoms with Gasteiger partial charge in [0, 0.05) is 54.8 Å². The summed E-state index contributed by atoms with van der Waals surface area (Å²) in [6, 6.07) is 4.36. The Morgan fingerprint density at radius 1 is 1.12 bits per heavy atom. The van der Waals surface area contributed by atoms with Gasteiger partial charge < -0.3 is 9.64 Å². The summed E-state index contributed by atoms with van der Waals surface area (Å²) in [5, 5.41) is 0. The molecule has 1 fully saturated rings. The number of pyridine rings is 1. The van der Waals surface area contributed by atoms with Crippen molar-refractivity contribution in [3.63, 3.8) is 0 Å². The highest BCUT2D eigenvalue weighted by Gasteiger charge is 2.59.